The SMILES string of the molecule is Brc1ccc(N(N=Cc2ccc(N(c3ccccc3)c3ccc(-c4ccc(N(c5ccccc5)c5ccc(C=NN(c6ccccc6)c6ccccc6)cc5)cc4)cc3)cc2)c2ccc(Br)cc2)cc1. The molecule has 0 fully saturated rings. The molecule has 0 radical (unpaired) electrons. The number of nitrogens with zero attached hydrogens (tertiary/aromatic N) is 6. The van der Waals surface area contributed by atoms with Crippen molar-refractivity contribution in [2.45, 2.75) is 0 Å². The van der Waals surface area contributed by atoms with Crippen LogP contribution in [0.2, 0.25) is 0 Å². The van der Waals surface area contributed by atoms with E-state index in [4.69, 9.17) is 10.2 Å². The highest BCUT2D eigenvalue weighted by atomic mass is 79.9. The summed E-state index contributed by atoms with van der Waals surface area (Å²) >= 11 is 7.13. The fourth-order valence-electron chi connectivity index (χ4n) is 8.19. The Hall–Kier alpha value is -8.30. The lowest BCUT2D eigenvalue weighted by Crippen LogP contribution is -2.10. The number of para-hydroxylation sites is 4. The molecular formula is C62H46Br2N6. The molecule has 0 heterocycles. The monoisotopic (exact) mass is 1030 g/mol. The second kappa shape index (κ2) is 21.8. The van der Waals surface area contributed by atoms with Gasteiger partial charge >= 0.3 is 0 Å². The summed E-state index contributed by atoms with van der Waals surface area (Å²) in [5.74, 6) is 0. The van der Waals surface area contributed by atoms with Gasteiger partial charge in [-0.2, -0.15) is 10.2 Å². The van der Waals surface area contributed by atoms with Crippen LogP contribution in [0.3, 0.4) is 0 Å². The van der Waals surface area contributed by atoms with Crippen molar-refractivity contribution >= 4 is 101 Å². The van der Waals surface area contributed by atoms with Crippen LogP contribution in [0.5, 0.6) is 0 Å². The topological polar surface area (TPSA) is 37.7 Å². The Morgan fingerprint density at radius 1 is 0.243 bits per heavy atom. The molecule has 70 heavy (non-hydrogen) atoms. The zero-order valence-corrected chi connectivity index (χ0v) is 41.2. The van der Waals surface area contributed by atoms with Gasteiger partial charge in [0.25, 0.3) is 0 Å². The minimum atomic E-state index is 0.960. The smallest absolute Gasteiger partial charge is 0.0653 e. The first-order chi connectivity index (χ1) is 34.5. The average Bonchev–Trinajstić information content (AvgIpc) is 3.42. The van der Waals surface area contributed by atoms with Gasteiger partial charge in [-0.25, -0.2) is 10.0 Å². The van der Waals surface area contributed by atoms with Crippen LogP contribution in [0.4, 0.5) is 56.9 Å². The Balaban J connectivity index is 0.880. The molecule has 10 rings (SSSR count). The second-order valence-corrected chi connectivity index (χ2v) is 18.2. The lowest BCUT2D eigenvalue weighted by Gasteiger charge is -2.26. The molecule has 0 N–H and O–H groups in total. The highest BCUT2D eigenvalue weighted by Gasteiger charge is 2.16. The molecule has 338 valence electrons. The van der Waals surface area contributed by atoms with Gasteiger partial charge in [0.2, 0.25) is 0 Å². The van der Waals surface area contributed by atoms with E-state index < -0.39 is 0 Å². The van der Waals surface area contributed by atoms with Crippen LogP contribution in [0, 0.1) is 0 Å². The van der Waals surface area contributed by atoms with Crippen molar-refractivity contribution in [3.05, 3.63) is 287 Å². The minimum absolute atomic E-state index is 0.960. The third kappa shape index (κ3) is 10.8. The first-order valence-corrected chi connectivity index (χ1v) is 24.5. The molecule has 0 saturated carbocycles. The molecule has 0 spiro atoms. The lowest BCUT2D eigenvalue weighted by molar-refractivity contribution is 1.09. The van der Waals surface area contributed by atoms with Crippen molar-refractivity contribution in [3.8, 4) is 11.1 Å². The van der Waals surface area contributed by atoms with Crippen molar-refractivity contribution in [1.29, 1.82) is 0 Å². The molecule has 6 nitrogen and oxygen atoms in total. The predicted molar refractivity (Wildman–Crippen MR) is 302 cm³/mol. The van der Waals surface area contributed by atoms with Crippen LogP contribution in [-0.4, -0.2) is 12.4 Å². The van der Waals surface area contributed by atoms with Gasteiger partial charge in [0.1, 0.15) is 0 Å². The van der Waals surface area contributed by atoms with E-state index in [1.807, 2.05) is 89.2 Å². The van der Waals surface area contributed by atoms with E-state index in [1.54, 1.807) is 0 Å². The summed E-state index contributed by atoms with van der Waals surface area (Å²) in [5.41, 5.74) is 14.5. The highest BCUT2D eigenvalue weighted by Crippen LogP contribution is 2.38. The molecule has 0 bridgehead atoms. The highest BCUT2D eigenvalue weighted by molar-refractivity contribution is 9.10. The van der Waals surface area contributed by atoms with Gasteiger partial charge in [-0.3, -0.25) is 0 Å². The summed E-state index contributed by atoms with van der Waals surface area (Å²) in [4.78, 5) is 4.56. The number of hydrazone groups is 2. The van der Waals surface area contributed by atoms with E-state index in [0.717, 1.165) is 88.1 Å². The number of anilines is 10. The van der Waals surface area contributed by atoms with Gasteiger partial charge in [-0.15, -0.1) is 0 Å². The molecule has 0 saturated heterocycles. The number of hydrogen-bond acceptors (Lipinski definition) is 6. The maximum absolute atomic E-state index is 4.95. The van der Waals surface area contributed by atoms with Crippen LogP contribution in [-0.2, 0) is 0 Å². The molecule has 0 aromatic heterocycles. The van der Waals surface area contributed by atoms with E-state index in [2.05, 4.69) is 242 Å². The standard InChI is InChI=1S/C62H46Br2N6/c63-51-29-41-61(42-30-51)70(62-43-31-52(64)32-44-62)66-46-48-23-35-56(36-24-48)68(54-15-7-2-8-16-54)58-39-27-50(28-40-58)49-25-37-57(38-26-49)67(53-13-5-1-6-14-53)55-33-21-47(22-34-55)45-65-69(59-17-9-3-10-18-59)60-19-11-4-12-20-60/h1-46H. The normalized spacial score (nSPS) is 11.2. The van der Waals surface area contributed by atoms with Crippen molar-refractivity contribution in [1.82, 2.24) is 0 Å². The van der Waals surface area contributed by atoms with Crippen LogP contribution in [0.1, 0.15) is 11.1 Å². The maximum Gasteiger partial charge on any atom is 0.0653 e. The Kier molecular flexibility index (Phi) is 14.1. The fraction of sp³-hybridized carbons (Fsp3) is 0. The quantitative estimate of drug-likeness (QED) is 0.0757. The fourth-order valence-corrected chi connectivity index (χ4v) is 8.72. The second-order valence-electron chi connectivity index (χ2n) is 16.4. The van der Waals surface area contributed by atoms with E-state index in [1.165, 1.54) is 0 Å². The summed E-state index contributed by atoms with van der Waals surface area (Å²) in [7, 11) is 0. The summed E-state index contributed by atoms with van der Waals surface area (Å²) < 4.78 is 2.03. The van der Waals surface area contributed by atoms with Gasteiger partial charge in [-0.05, 0) is 168 Å². The van der Waals surface area contributed by atoms with Crippen LogP contribution < -0.4 is 19.8 Å². The third-order valence-electron chi connectivity index (χ3n) is 11.7. The van der Waals surface area contributed by atoms with Gasteiger partial charge in [0.05, 0.1) is 35.2 Å². The maximum atomic E-state index is 4.95. The first-order valence-electron chi connectivity index (χ1n) is 22.9. The van der Waals surface area contributed by atoms with E-state index in [-0.39, 0.29) is 0 Å². The van der Waals surface area contributed by atoms with Gasteiger partial charge in [-0.1, -0.05) is 153 Å². The van der Waals surface area contributed by atoms with Crippen LogP contribution in [0.15, 0.2) is 286 Å². The molecule has 0 aliphatic heterocycles. The summed E-state index contributed by atoms with van der Waals surface area (Å²) in [5, 5.41) is 13.8. The summed E-state index contributed by atoms with van der Waals surface area (Å²) in [6.45, 7) is 0. The first kappa shape index (κ1) is 45.5. The Bertz CT molecular complexity index is 3200. The largest absolute Gasteiger partial charge is 0.311 e. The molecule has 10 aromatic rings. The lowest BCUT2D eigenvalue weighted by atomic mass is 10.0. The molecule has 8 heteroatoms. The summed E-state index contributed by atoms with van der Waals surface area (Å²) in [6, 6.07) is 92.3. The van der Waals surface area contributed by atoms with Crippen molar-refractivity contribution in [2.24, 2.45) is 10.2 Å². The van der Waals surface area contributed by atoms with E-state index in [0.29, 0.717) is 0 Å². The van der Waals surface area contributed by atoms with Crippen molar-refractivity contribution in [3.63, 3.8) is 0 Å². The number of benzene rings is 10. The van der Waals surface area contributed by atoms with Crippen LogP contribution in [0.25, 0.3) is 11.1 Å². The van der Waals surface area contributed by atoms with Gasteiger partial charge < -0.3 is 9.80 Å². The molecule has 0 aliphatic rings. The number of halogens is 2. The average molecular weight is 1030 g/mol. The van der Waals surface area contributed by atoms with E-state index >= 15 is 0 Å². The van der Waals surface area contributed by atoms with E-state index in [9.17, 15) is 0 Å². The molecule has 0 aliphatic carbocycles. The number of hydrogen-bond donors (Lipinski definition) is 0. The molecule has 0 unspecified atom stereocenters. The summed E-state index contributed by atoms with van der Waals surface area (Å²) in [6.07, 6.45) is 3.81. The van der Waals surface area contributed by atoms with Crippen molar-refractivity contribution < 1.29 is 0 Å². The minimum Gasteiger partial charge on any atom is -0.311 e. The third-order valence-corrected chi connectivity index (χ3v) is 12.8. The Labute approximate surface area is 426 Å². The molecular weight excluding hydrogens is 989 g/mol. The van der Waals surface area contributed by atoms with Crippen molar-refractivity contribution in [2.75, 3.05) is 19.8 Å². The molecule has 10 aromatic carbocycles. The van der Waals surface area contributed by atoms with Gasteiger partial charge in [0.15, 0.2) is 0 Å². The zero-order valence-electron chi connectivity index (χ0n) is 38.0. The molecule has 0 atom stereocenters. The zero-order chi connectivity index (χ0) is 47.5. The predicted octanol–water partition coefficient (Wildman–Crippen LogP) is 18.2. The van der Waals surface area contributed by atoms with Crippen LogP contribution >= 0.6 is 31.9 Å². The Morgan fingerprint density at radius 3 is 0.771 bits per heavy atom. The Morgan fingerprint density at radius 2 is 0.471 bits per heavy atom. The molecule has 0 amide bonds. The van der Waals surface area contributed by atoms with Gasteiger partial charge in [0, 0.05) is 43.1 Å². The number of rotatable bonds is 15.